The zero-order valence-electron chi connectivity index (χ0n) is 10.1. The Morgan fingerprint density at radius 3 is 2.83 bits per heavy atom. The number of pyridine rings is 1. The highest BCUT2D eigenvalue weighted by molar-refractivity contribution is 5.82. The van der Waals surface area contributed by atoms with Gasteiger partial charge in [0.1, 0.15) is 0 Å². The fourth-order valence-corrected chi connectivity index (χ4v) is 2.21. The van der Waals surface area contributed by atoms with Gasteiger partial charge in [0.2, 0.25) is 0 Å². The molecular formula is C14H14N4. The molecule has 0 saturated carbocycles. The van der Waals surface area contributed by atoms with Crippen molar-refractivity contribution in [1.29, 1.82) is 0 Å². The third-order valence-corrected chi connectivity index (χ3v) is 3.17. The molecule has 18 heavy (non-hydrogen) atoms. The molecule has 0 fully saturated rings. The van der Waals surface area contributed by atoms with E-state index in [2.05, 4.69) is 9.97 Å². The van der Waals surface area contributed by atoms with Gasteiger partial charge in [-0.3, -0.25) is 4.98 Å². The lowest BCUT2D eigenvalue weighted by Gasteiger charge is -2.14. The number of rotatable bonds is 2. The van der Waals surface area contributed by atoms with Crippen molar-refractivity contribution in [2.75, 3.05) is 0 Å². The Morgan fingerprint density at radius 1 is 1.22 bits per heavy atom. The van der Waals surface area contributed by atoms with E-state index in [0.717, 1.165) is 22.2 Å². The van der Waals surface area contributed by atoms with Crippen LogP contribution in [-0.2, 0) is 7.05 Å². The van der Waals surface area contributed by atoms with Crippen LogP contribution in [0.15, 0.2) is 49.1 Å². The summed E-state index contributed by atoms with van der Waals surface area (Å²) in [6.45, 7) is 0. The van der Waals surface area contributed by atoms with E-state index in [1.807, 2.05) is 41.9 Å². The number of aromatic nitrogens is 3. The van der Waals surface area contributed by atoms with Crippen LogP contribution in [0.4, 0.5) is 0 Å². The predicted octanol–water partition coefficient (Wildman–Crippen LogP) is 2.02. The Bertz CT molecular complexity index is 682. The van der Waals surface area contributed by atoms with Gasteiger partial charge in [-0.25, -0.2) is 4.98 Å². The van der Waals surface area contributed by atoms with Gasteiger partial charge >= 0.3 is 0 Å². The Kier molecular flexibility index (Phi) is 2.57. The van der Waals surface area contributed by atoms with E-state index < -0.39 is 0 Å². The molecule has 1 unspecified atom stereocenters. The Labute approximate surface area is 105 Å². The minimum Gasteiger partial charge on any atom is -0.336 e. The average molecular weight is 238 g/mol. The van der Waals surface area contributed by atoms with Crippen molar-refractivity contribution in [3.8, 4) is 0 Å². The molecule has 0 amide bonds. The molecule has 0 aliphatic heterocycles. The number of hydrogen-bond donors (Lipinski definition) is 1. The first-order chi connectivity index (χ1) is 8.77. The molecule has 0 spiro atoms. The molecule has 2 heterocycles. The predicted molar refractivity (Wildman–Crippen MR) is 71.0 cm³/mol. The third kappa shape index (κ3) is 1.67. The van der Waals surface area contributed by atoms with E-state index in [9.17, 15) is 0 Å². The Balaban J connectivity index is 2.18. The first-order valence-corrected chi connectivity index (χ1v) is 5.83. The lowest BCUT2D eigenvalue weighted by atomic mass is 10.0. The van der Waals surface area contributed by atoms with Crippen molar-refractivity contribution >= 4 is 10.9 Å². The van der Waals surface area contributed by atoms with Crippen molar-refractivity contribution in [2.24, 2.45) is 12.8 Å². The lowest BCUT2D eigenvalue weighted by Crippen LogP contribution is -2.15. The fourth-order valence-electron chi connectivity index (χ4n) is 2.21. The van der Waals surface area contributed by atoms with Gasteiger partial charge in [0.25, 0.3) is 0 Å². The van der Waals surface area contributed by atoms with E-state index in [4.69, 9.17) is 5.73 Å². The highest BCUT2D eigenvalue weighted by atomic mass is 15.0. The number of para-hydroxylation sites is 1. The first-order valence-electron chi connectivity index (χ1n) is 5.83. The number of nitrogens with zero attached hydrogens (tertiary/aromatic N) is 3. The Morgan fingerprint density at radius 2 is 2.06 bits per heavy atom. The second-order valence-electron chi connectivity index (χ2n) is 4.33. The normalized spacial score (nSPS) is 12.8. The van der Waals surface area contributed by atoms with E-state index in [1.54, 1.807) is 18.7 Å². The molecule has 0 aliphatic carbocycles. The largest absolute Gasteiger partial charge is 0.336 e. The SMILES string of the molecule is Cn1cncc1C(N)c1cccc2cccnc12. The number of imidazole rings is 1. The fraction of sp³-hybridized carbons (Fsp3) is 0.143. The van der Waals surface area contributed by atoms with Crippen LogP contribution < -0.4 is 5.73 Å². The number of fused-ring (bicyclic) bond motifs is 1. The van der Waals surface area contributed by atoms with Gasteiger partial charge in [-0.15, -0.1) is 0 Å². The highest BCUT2D eigenvalue weighted by Gasteiger charge is 2.15. The second kappa shape index (κ2) is 4.23. The molecule has 2 aromatic heterocycles. The van der Waals surface area contributed by atoms with Crippen LogP contribution in [0.5, 0.6) is 0 Å². The van der Waals surface area contributed by atoms with Gasteiger partial charge in [0.15, 0.2) is 0 Å². The van der Waals surface area contributed by atoms with Crippen LogP contribution in [0.25, 0.3) is 10.9 Å². The molecule has 4 nitrogen and oxygen atoms in total. The molecule has 0 saturated heterocycles. The molecule has 90 valence electrons. The molecular weight excluding hydrogens is 224 g/mol. The summed E-state index contributed by atoms with van der Waals surface area (Å²) in [5.41, 5.74) is 9.28. The molecule has 1 atom stereocenters. The molecule has 0 aliphatic rings. The molecule has 3 aromatic rings. The zero-order valence-corrected chi connectivity index (χ0v) is 10.1. The summed E-state index contributed by atoms with van der Waals surface area (Å²) in [7, 11) is 1.95. The molecule has 4 heteroatoms. The van der Waals surface area contributed by atoms with Crippen molar-refractivity contribution in [2.45, 2.75) is 6.04 Å². The van der Waals surface area contributed by atoms with Crippen LogP contribution in [0, 0.1) is 0 Å². The van der Waals surface area contributed by atoms with Gasteiger partial charge < -0.3 is 10.3 Å². The smallest absolute Gasteiger partial charge is 0.0946 e. The minimum atomic E-state index is -0.212. The van der Waals surface area contributed by atoms with Crippen molar-refractivity contribution < 1.29 is 0 Å². The van der Waals surface area contributed by atoms with Crippen molar-refractivity contribution in [3.63, 3.8) is 0 Å². The highest BCUT2D eigenvalue weighted by Crippen LogP contribution is 2.25. The zero-order chi connectivity index (χ0) is 12.5. The lowest BCUT2D eigenvalue weighted by molar-refractivity contribution is 0.749. The van der Waals surface area contributed by atoms with Gasteiger partial charge in [-0.2, -0.15) is 0 Å². The third-order valence-electron chi connectivity index (χ3n) is 3.17. The maximum absolute atomic E-state index is 6.33. The summed E-state index contributed by atoms with van der Waals surface area (Å²) in [6.07, 6.45) is 5.35. The summed E-state index contributed by atoms with van der Waals surface area (Å²) < 4.78 is 1.94. The van der Waals surface area contributed by atoms with Crippen LogP contribution in [0.1, 0.15) is 17.3 Å². The topological polar surface area (TPSA) is 56.7 Å². The minimum absolute atomic E-state index is 0.212. The number of hydrogen-bond acceptors (Lipinski definition) is 3. The molecule has 3 rings (SSSR count). The van der Waals surface area contributed by atoms with E-state index in [0.29, 0.717) is 0 Å². The molecule has 0 bridgehead atoms. The molecule has 1 aromatic carbocycles. The number of benzene rings is 1. The summed E-state index contributed by atoms with van der Waals surface area (Å²) in [5, 5.41) is 1.10. The van der Waals surface area contributed by atoms with E-state index in [1.165, 1.54) is 0 Å². The maximum Gasteiger partial charge on any atom is 0.0946 e. The quantitative estimate of drug-likeness (QED) is 0.743. The summed E-state index contributed by atoms with van der Waals surface area (Å²) in [4.78, 5) is 8.54. The summed E-state index contributed by atoms with van der Waals surface area (Å²) in [5.74, 6) is 0. The monoisotopic (exact) mass is 238 g/mol. The van der Waals surface area contributed by atoms with Gasteiger partial charge in [0, 0.05) is 24.2 Å². The van der Waals surface area contributed by atoms with Crippen LogP contribution in [0.3, 0.4) is 0 Å². The Hall–Kier alpha value is -2.20. The van der Waals surface area contributed by atoms with Crippen molar-refractivity contribution in [3.05, 3.63) is 60.3 Å². The van der Waals surface area contributed by atoms with E-state index >= 15 is 0 Å². The summed E-state index contributed by atoms with van der Waals surface area (Å²) in [6, 6.07) is 9.84. The molecule has 2 N–H and O–H groups in total. The van der Waals surface area contributed by atoms with Crippen molar-refractivity contribution in [1.82, 2.24) is 14.5 Å². The van der Waals surface area contributed by atoms with Crippen LogP contribution in [-0.4, -0.2) is 14.5 Å². The van der Waals surface area contributed by atoms with Gasteiger partial charge in [-0.1, -0.05) is 24.3 Å². The van der Waals surface area contributed by atoms with E-state index in [-0.39, 0.29) is 6.04 Å². The van der Waals surface area contributed by atoms with Gasteiger partial charge in [0.05, 0.1) is 29.8 Å². The first kappa shape index (κ1) is 10.9. The molecule has 0 radical (unpaired) electrons. The maximum atomic E-state index is 6.33. The van der Waals surface area contributed by atoms with Gasteiger partial charge in [-0.05, 0) is 6.07 Å². The number of nitrogens with two attached hydrogens (primary N) is 1. The average Bonchev–Trinajstić information content (AvgIpc) is 2.83. The summed E-state index contributed by atoms with van der Waals surface area (Å²) >= 11 is 0. The second-order valence-corrected chi connectivity index (χ2v) is 4.33. The van der Waals surface area contributed by atoms with Crippen LogP contribution in [0.2, 0.25) is 0 Å². The standard InChI is InChI=1S/C14H14N4/c1-18-9-16-8-12(18)13(15)11-6-2-4-10-5-3-7-17-14(10)11/h2-9,13H,15H2,1H3. The van der Waals surface area contributed by atoms with Crippen LogP contribution >= 0.6 is 0 Å². The number of aryl methyl sites for hydroxylation is 1.